The molecule has 4 nitrogen and oxygen atoms in total. The van der Waals surface area contributed by atoms with Crippen LogP contribution in [-0.4, -0.2) is 21.5 Å². The van der Waals surface area contributed by atoms with Crippen molar-refractivity contribution >= 4 is 44.3 Å². The molecule has 0 aromatic carbocycles. The Balaban J connectivity index is 2.44. The Morgan fingerprint density at radius 1 is 1.32 bits per heavy atom. The van der Waals surface area contributed by atoms with Crippen LogP contribution >= 0.6 is 38.5 Å². The Bertz CT molecular complexity index is 589. The van der Waals surface area contributed by atoms with Gasteiger partial charge in [-0.2, -0.15) is 0 Å². The van der Waals surface area contributed by atoms with E-state index in [0.717, 1.165) is 38.1 Å². The molecule has 100 valence electrons. The van der Waals surface area contributed by atoms with Gasteiger partial charge in [0.15, 0.2) is 5.82 Å². The number of nitrogens with zero attached hydrogens (tertiary/aromatic N) is 3. The molecule has 0 radical (unpaired) electrons. The predicted octanol–water partition coefficient (Wildman–Crippen LogP) is 4.04. The molecule has 2 aromatic rings. The summed E-state index contributed by atoms with van der Waals surface area (Å²) >= 11 is 5.69. The second-order valence-electron chi connectivity index (χ2n) is 4.11. The molecule has 19 heavy (non-hydrogen) atoms. The average molecular weight is 433 g/mol. The first-order valence-corrected chi connectivity index (χ1v) is 7.88. The minimum absolute atomic E-state index is 0.699. The summed E-state index contributed by atoms with van der Waals surface area (Å²) in [4.78, 5) is 13.3. The molecule has 0 spiro atoms. The number of aromatic nitrogens is 3. The molecule has 0 bridgehead atoms. The third-order valence-corrected chi connectivity index (χ3v) is 4.25. The fourth-order valence-corrected chi connectivity index (χ4v) is 2.38. The van der Waals surface area contributed by atoms with Crippen molar-refractivity contribution in [3.8, 4) is 11.4 Å². The van der Waals surface area contributed by atoms with Crippen LogP contribution in [0, 0.1) is 10.5 Å². The lowest BCUT2D eigenvalue weighted by atomic mass is 10.2. The fourth-order valence-electron chi connectivity index (χ4n) is 1.58. The molecule has 2 aromatic heterocycles. The number of rotatable bonds is 4. The number of anilines is 1. The first kappa shape index (κ1) is 14.6. The van der Waals surface area contributed by atoms with E-state index in [1.54, 1.807) is 12.4 Å². The summed E-state index contributed by atoms with van der Waals surface area (Å²) in [5, 5.41) is 3.34. The zero-order valence-electron chi connectivity index (χ0n) is 10.7. The normalized spacial score (nSPS) is 10.5. The van der Waals surface area contributed by atoms with Crippen LogP contribution < -0.4 is 5.32 Å². The van der Waals surface area contributed by atoms with Crippen LogP contribution in [0.15, 0.2) is 22.9 Å². The van der Waals surface area contributed by atoms with Crippen LogP contribution in [0.5, 0.6) is 0 Å². The van der Waals surface area contributed by atoms with Crippen molar-refractivity contribution in [3.63, 3.8) is 0 Å². The zero-order chi connectivity index (χ0) is 13.8. The summed E-state index contributed by atoms with van der Waals surface area (Å²) in [5.41, 5.74) is 1.89. The summed E-state index contributed by atoms with van der Waals surface area (Å²) < 4.78 is 1.99. The van der Waals surface area contributed by atoms with Gasteiger partial charge < -0.3 is 5.32 Å². The summed E-state index contributed by atoms with van der Waals surface area (Å²) in [5.74, 6) is 1.59. The molecular weight excluding hydrogens is 419 g/mol. The van der Waals surface area contributed by atoms with Crippen LogP contribution in [0.4, 0.5) is 5.82 Å². The highest BCUT2D eigenvalue weighted by atomic mass is 127. The van der Waals surface area contributed by atoms with Crippen molar-refractivity contribution in [2.24, 2.45) is 0 Å². The molecule has 0 saturated heterocycles. The molecule has 2 heterocycles. The number of pyridine rings is 1. The summed E-state index contributed by atoms with van der Waals surface area (Å²) in [6.45, 7) is 5.03. The maximum Gasteiger partial charge on any atom is 0.163 e. The van der Waals surface area contributed by atoms with Gasteiger partial charge in [-0.3, -0.25) is 4.98 Å². The summed E-state index contributed by atoms with van der Waals surface area (Å²) in [7, 11) is 0. The van der Waals surface area contributed by atoms with E-state index in [9.17, 15) is 0 Å². The first-order valence-electron chi connectivity index (χ1n) is 6.00. The van der Waals surface area contributed by atoms with E-state index in [1.807, 2.05) is 13.0 Å². The molecule has 0 aliphatic rings. The van der Waals surface area contributed by atoms with Gasteiger partial charge in [0.2, 0.25) is 0 Å². The van der Waals surface area contributed by atoms with Gasteiger partial charge in [0.25, 0.3) is 0 Å². The lowest BCUT2D eigenvalue weighted by molar-refractivity contribution is 0.958. The van der Waals surface area contributed by atoms with Crippen LogP contribution in [0.2, 0.25) is 0 Å². The monoisotopic (exact) mass is 432 g/mol. The lowest BCUT2D eigenvalue weighted by Crippen LogP contribution is -2.07. The Labute approximate surface area is 134 Å². The third kappa shape index (κ3) is 3.62. The summed E-state index contributed by atoms with van der Waals surface area (Å²) in [6, 6.07) is 1.97. The van der Waals surface area contributed by atoms with E-state index in [0.29, 0.717) is 5.82 Å². The highest BCUT2D eigenvalue weighted by Gasteiger charge is 2.10. The van der Waals surface area contributed by atoms with Crippen molar-refractivity contribution in [1.82, 2.24) is 15.0 Å². The zero-order valence-corrected chi connectivity index (χ0v) is 14.5. The van der Waals surface area contributed by atoms with Gasteiger partial charge in [-0.05, 0) is 57.9 Å². The molecule has 0 unspecified atom stereocenters. The van der Waals surface area contributed by atoms with Gasteiger partial charge in [-0.25, -0.2) is 9.97 Å². The van der Waals surface area contributed by atoms with Gasteiger partial charge in [0.05, 0.1) is 9.26 Å². The van der Waals surface area contributed by atoms with Crippen molar-refractivity contribution in [1.29, 1.82) is 0 Å². The van der Waals surface area contributed by atoms with E-state index in [4.69, 9.17) is 0 Å². The Morgan fingerprint density at radius 2 is 2.11 bits per heavy atom. The SMILES string of the molecule is CCCNc1nc(-c2cncc(Br)c2)nc(C)c1I. The molecule has 0 saturated carbocycles. The maximum atomic E-state index is 4.59. The largest absolute Gasteiger partial charge is 0.369 e. The predicted molar refractivity (Wildman–Crippen MR) is 89.2 cm³/mol. The number of aryl methyl sites for hydroxylation is 1. The number of halogens is 2. The molecule has 0 aliphatic carbocycles. The Morgan fingerprint density at radius 3 is 2.79 bits per heavy atom. The minimum Gasteiger partial charge on any atom is -0.369 e. The minimum atomic E-state index is 0.699. The third-order valence-electron chi connectivity index (χ3n) is 2.52. The maximum absolute atomic E-state index is 4.59. The van der Waals surface area contributed by atoms with Gasteiger partial charge in [-0.15, -0.1) is 0 Å². The van der Waals surface area contributed by atoms with Crippen LogP contribution in [0.25, 0.3) is 11.4 Å². The van der Waals surface area contributed by atoms with Gasteiger partial charge in [0, 0.05) is 29.0 Å². The number of hydrogen-bond acceptors (Lipinski definition) is 4. The van der Waals surface area contributed by atoms with E-state index in [2.05, 4.69) is 65.7 Å². The number of nitrogens with one attached hydrogen (secondary N) is 1. The highest BCUT2D eigenvalue weighted by molar-refractivity contribution is 14.1. The summed E-state index contributed by atoms with van der Waals surface area (Å²) in [6.07, 6.45) is 4.59. The molecule has 2 rings (SSSR count). The fraction of sp³-hybridized carbons (Fsp3) is 0.308. The molecule has 6 heteroatoms. The quantitative estimate of drug-likeness (QED) is 0.741. The molecule has 0 atom stereocenters. The van der Waals surface area contributed by atoms with E-state index >= 15 is 0 Å². The van der Waals surface area contributed by atoms with Crippen molar-refractivity contribution in [2.45, 2.75) is 20.3 Å². The molecule has 0 amide bonds. The molecule has 1 N–H and O–H groups in total. The molecule has 0 fully saturated rings. The smallest absolute Gasteiger partial charge is 0.163 e. The standard InChI is InChI=1S/C13H14BrIN4/c1-3-4-17-13-11(15)8(2)18-12(19-13)9-5-10(14)7-16-6-9/h5-7H,3-4H2,1-2H3,(H,17,18,19). The lowest BCUT2D eigenvalue weighted by Gasteiger charge is -2.10. The van der Waals surface area contributed by atoms with Gasteiger partial charge >= 0.3 is 0 Å². The van der Waals surface area contributed by atoms with E-state index in [1.165, 1.54) is 0 Å². The molecule has 0 aliphatic heterocycles. The van der Waals surface area contributed by atoms with E-state index in [-0.39, 0.29) is 0 Å². The second-order valence-corrected chi connectivity index (χ2v) is 6.11. The first-order chi connectivity index (χ1) is 9.11. The van der Waals surface area contributed by atoms with E-state index < -0.39 is 0 Å². The van der Waals surface area contributed by atoms with Gasteiger partial charge in [0.1, 0.15) is 5.82 Å². The van der Waals surface area contributed by atoms with Crippen LogP contribution in [-0.2, 0) is 0 Å². The van der Waals surface area contributed by atoms with Gasteiger partial charge in [-0.1, -0.05) is 6.92 Å². The van der Waals surface area contributed by atoms with Crippen molar-refractivity contribution < 1.29 is 0 Å². The van der Waals surface area contributed by atoms with Crippen LogP contribution in [0.3, 0.4) is 0 Å². The van der Waals surface area contributed by atoms with Crippen molar-refractivity contribution in [2.75, 3.05) is 11.9 Å². The Hall–Kier alpha value is -0.760. The number of hydrogen-bond donors (Lipinski definition) is 1. The Kier molecular flexibility index (Phi) is 5.09. The van der Waals surface area contributed by atoms with Crippen molar-refractivity contribution in [3.05, 3.63) is 32.2 Å². The molecular formula is C13H14BrIN4. The highest BCUT2D eigenvalue weighted by Crippen LogP contribution is 2.24. The van der Waals surface area contributed by atoms with Crippen LogP contribution in [0.1, 0.15) is 19.0 Å². The topological polar surface area (TPSA) is 50.7 Å². The second kappa shape index (κ2) is 6.60. The average Bonchev–Trinajstić information content (AvgIpc) is 2.40.